The van der Waals surface area contributed by atoms with Gasteiger partial charge in [-0.05, 0) is 54.4 Å². The molecule has 1 aliphatic rings. The van der Waals surface area contributed by atoms with E-state index >= 15 is 0 Å². The van der Waals surface area contributed by atoms with Crippen LogP contribution < -0.4 is 10.5 Å². The Balaban J connectivity index is 1.53. The van der Waals surface area contributed by atoms with Crippen LogP contribution in [0.25, 0.3) is 0 Å². The zero-order valence-electron chi connectivity index (χ0n) is 17.0. The summed E-state index contributed by atoms with van der Waals surface area (Å²) in [5.41, 5.74) is 2.34. The fourth-order valence-electron chi connectivity index (χ4n) is 3.56. The van der Waals surface area contributed by atoms with Crippen molar-refractivity contribution in [3.05, 3.63) is 94.5 Å². The van der Waals surface area contributed by atoms with Crippen molar-refractivity contribution in [2.24, 2.45) is 5.14 Å². The minimum atomic E-state index is -3.93. The zero-order valence-corrected chi connectivity index (χ0v) is 17.8. The van der Waals surface area contributed by atoms with Gasteiger partial charge in [-0.25, -0.2) is 13.6 Å². The van der Waals surface area contributed by atoms with E-state index in [9.17, 15) is 22.8 Å². The Bertz CT molecular complexity index is 1350. The van der Waals surface area contributed by atoms with Gasteiger partial charge < -0.3 is 5.32 Å². The quantitative estimate of drug-likeness (QED) is 0.579. The third-order valence-electron chi connectivity index (χ3n) is 5.16. The van der Waals surface area contributed by atoms with Crippen molar-refractivity contribution in [1.82, 2.24) is 4.90 Å². The molecular formula is C23H19N3O5S. The van der Waals surface area contributed by atoms with Crippen molar-refractivity contribution < 1.29 is 22.8 Å². The third-order valence-corrected chi connectivity index (χ3v) is 6.21. The first-order chi connectivity index (χ1) is 15.1. The molecule has 0 atom stereocenters. The molecule has 0 bridgehead atoms. The van der Waals surface area contributed by atoms with Crippen molar-refractivity contribution in [3.63, 3.8) is 0 Å². The van der Waals surface area contributed by atoms with Crippen LogP contribution in [0.5, 0.6) is 0 Å². The van der Waals surface area contributed by atoms with Crippen molar-refractivity contribution >= 4 is 33.4 Å². The van der Waals surface area contributed by atoms with Gasteiger partial charge in [-0.15, -0.1) is 0 Å². The molecule has 3 amide bonds. The summed E-state index contributed by atoms with van der Waals surface area (Å²) in [6.07, 6.45) is 0. The molecule has 3 aromatic carbocycles. The lowest BCUT2D eigenvalue weighted by molar-refractivity contribution is 0.0642. The molecule has 9 heteroatoms. The molecule has 1 aliphatic heterocycles. The second kappa shape index (κ2) is 8.03. The summed E-state index contributed by atoms with van der Waals surface area (Å²) in [6.45, 7) is 1.63. The molecular weight excluding hydrogens is 430 g/mol. The van der Waals surface area contributed by atoms with Crippen LogP contribution in [0, 0.1) is 6.92 Å². The number of primary sulfonamides is 1. The number of nitrogens with zero attached hydrogens (tertiary/aromatic N) is 1. The van der Waals surface area contributed by atoms with Crippen molar-refractivity contribution in [3.8, 4) is 0 Å². The van der Waals surface area contributed by atoms with Crippen molar-refractivity contribution in [2.75, 3.05) is 5.32 Å². The maximum absolute atomic E-state index is 12.7. The number of hydrogen-bond acceptors (Lipinski definition) is 5. The summed E-state index contributed by atoms with van der Waals surface area (Å²) < 4.78 is 23.4. The average molecular weight is 449 g/mol. The van der Waals surface area contributed by atoms with Gasteiger partial charge in [0.05, 0.1) is 22.6 Å². The predicted molar refractivity (Wildman–Crippen MR) is 118 cm³/mol. The highest BCUT2D eigenvalue weighted by molar-refractivity contribution is 7.89. The summed E-state index contributed by atoms with van der Waals surface area (Å²) in [5.74, 6) is -1.23. The van der Waals surface area contributed by atoms with E-state index in [2.05, 4.69) is 5.32 Å². The number of sulfonamides is 1. The van der Waals surface area contributed by atoms with Crippen molar-refractivity contribution in [1.29, 1.82) is 0 Å². The summed E-state index contributed by atoms with van der Waals surface area (Å²) in [4.78, 5) is 38.9. The highest BCUT2D eigenvalue weighted by atomic mass is 32.2. The van der Waals surface area contributed by atoms with E-state index in [-0.39, 0.29) is 34.5 Å². The molecule has 0 radical (unpaired) electrons. The lowest BCUT2D eigenvalue weighted by atomic mass is 10.1. The van der Waals surface area contributed by atoms with Crippen LogP contribution in [0.15, 0.2) is 71.6 Å². The number of rotatable bonds is 5. The van der Waals surface area contributed by atoms with Gasteiger partial charge in [0.1, 0.15) is 0 Å². The van der Waals surface area contributed by atoms with Crippen LogP contribution in [0.3, 0.4) is 0 Å². The zero-order chi connectivity index (χ0) is 23.0. The molecule has 3 aromatic rings. The number of nitrogens with two attached hydrogens (primary N) is 1. The highest BCUT2D eigenvalue weighted by Crippen LogP contribution is 2.25. The number of amides is 3. The van der Waals surface area contributed by atoms with Gasteiger partial charge in [0.25, 0.3) is 17.7 Å². The number of benzene rings is 3. The standard InChI is InChI=1S/C23H19N3O5S/c1-14-9-10-17(12-20(14)32(24,30)31)25-21(27)16-6-4-5-15(11-16)13-26-22(28)18-7-2-3-8-19(18)23(26)29/h2-12H,13H2,1H3,(H,25,27)(H2,24,30,31). The van der Waals surface area contributed by atoms with E-state index in [1.54, 1.807) is 67.6 Å². The summed E-state index contributed by atoms with van der Waals surface area (Å²) in [6, 6.07) is 17.6. The molecule has 0 fully saturated rings. The molecule has 0 unspecified atom stereocenters. The summed E-state index contributed by atoms with van der Waals surface area (Å²) in [5, 5.41) is 7.86. The van der Waals surface area contributed by atoms with Crippen LogP contribution >= 0.6 is 0 Å². The topological polar surface area (TPSA) is 127 Å². The molecule has 0 spiro atoms. The SMILES string of the molecule is Cc1ccc(NC(=O)c2cccc(CN3C(=O)c4ccccc4C3=O)c2)cc1S(N)(=O)=O. The number of carbonyl (C=O) groups excluding carboxylic acids is 3. The predicted octanol–water partition coefficient (Wildman–Crippen LogP) is 2.69. The smallest absolute Gasteiger partial charge is 0.261 e. The van der Waals surface area contributed by atoms with Crippen LogP contribution in [0.1, 0.15) is 42.2 Å². The molecule has 0 saturated heterocycles. The number of hydrogen-bond donors (Lipinski definition) is 2. The normalized spacial score (nSPS) is 13.2. The highest BCUT2D eigenvalue weighted by Gasteiger charge is 2.35. The Labute approximate surface area is 184 Å². The number of nitrogens with one attached hydrogen (secondary N) is 1. The van der Waals surface area contributed by atoms with E-state index in [1.807, 2.05) is 0 Å². The summed E-state index contributed by atoms with van der Waals surface area (Å²) >= 11 is 0. The number of aryl methyl sites for hydroxylation is 1. The Morgan fingerprint density at radius 2 is 1.59 bits per heavy atom. The Morgan fingerprint density at radius 1 is 0.938 bits per heavy atom. The van der Waals surface area contributed by atoms with Crippen LogP contribution in [0.4, 0.5) is 5.69 Å². The molecule has 0 saturated carbocycles. The number of carbonyl (C=O) groups is 3. The Hall–Kier alpha value is -3.82. The van der Waals surface area contributed by atoms with E-state index < -0.39 is 15.9 Å². The average Bonchev–Trinajstić information content (AvgIpc) is 2.99. The van der Waals surface area contributed by atoms with Crippen LogP contribution in [-0.4, -0.2) is 31.0 Å². The monoisotopic (exact) mass is 449 g/mol. The van der Waals surface area contributed by atoms with Gasteiger partial charge in [-0.1, -0.05) is 30.3 Å². The summed E-state index contributed by atoms with van der Waals surface area (Å²) in [7, 11) is -3.93. The maximum Gasteiger partial charge on any atom is 0.261 e. The van der Waals surface area contributed by atoms with Gasteiger partial charge >= 0.3 is 0 Å². The second-order valence-electron chi connectivity index (χ2n) is 7.42. The molecule has 0 aliphatic carbocycles. The lowest BCUT2D eigenvalue weighted by Gasteiger charge is -2.15. The minimum absolute atomic E-state index is 0.0214. The van der Waals surface area contributed by atoms with Crippen LogP contribution in [0.2, 0.25) is 0 Å². The number of anilines is 1. The van der Waals surface area contributed by atoms with E-state index in [0.29, 0.717) is 22.3 Å². The lowest BCUT2D eigenvalue weighted by Crippen LogP contribution is -2.29. The molecule has 0 aromatic heterocycles. The maximum atomic E-state index is 12.7. The second-order valence-corrected chi connectivity index (χ2v) is 8.95. The first kappa shape index (κ1) is 21.4. The van der Waals surface area contributed by atoms with Crippen LogP contribution in [-0.2, 0) is 16.6 Å². The molecule has 32 heavy (non-hydrogen) atoms. The van der Waals surface area contributed by atoms with Gasteiger partial charge in [0, 0.05) is 11.3 Å². The Kier molecular flexibility index (Phi) is 5.37. The molecule has 4 rings (SSSR count). The molecule has 3 N–H and O–H groups in total. The third kappa shape index (κ3) is 4.03. The fraction of sp³-hybridized carbons (Fsp3) is 0.0870. The Morgan fingerprint density at radius 3 is 2.22 bits per heavy atom. The van der Waals surface area contributed by atoms with E-state index in [4.69, 9.17) is 5.14 Å². The fourth-order valence-corrected chi connectivity index (χ4v) is 4.37. The largest absolute Gasteiger partial charge is 0.322 e. The van der Waals surface area contributed by atoms with Gasteiger partial charge in [0.15, 0.2) is 0 Å². The molecule has 8 nitrogen and oxygen atoms in total. The van der Waals surface area contributed by atoms with E-state index in [1.165, 1.54) is 6.07 Å². The van der Waals surface area contributed by atoms with E-state index in [0.717, 1.165) is 4.90 Å². The molecule has 1 heterocycles. The molecule has 162 valence electrons. The first-order valence-electron chi connectivity index (χ1n) is 9.64. The van der Waals surface area contributed by atoms with Crippen molar-refractivity contribution in [2.45, 2.75) is 18.4 Å². The van der Waals surface area contributed by atoms with Gasteiger partial charge in [0.2, 0.25) is 10.0 Å². The van der Waals surface area contributed by atoms with Gasteiger partial charge in [-0.3, -0.25) is 19.3 Å². The van der Waals surface area contributed by atoms with Gasteiger partial charge in [-0.2, -0.15) is 0 Å². The minimum Gasteiger partial charge on any atom is -0.322 e. The number of fused-ring (bicyclic) bond motifs is 1. The number of imide groups is 1. The first-order valence-corrected chi connectivity index (χ1v) is 11.2.